The second-order valence-corrected chi connectivity index (χ2v) is 9.18. The van der Waals surface area contributed by atoms with Gasteiger partial charge in [0.05, 0.1) is 20.8 Å². The minimum absolute atomic E-state index is 0.107. The van der Waals surface area contributed by atoms with Crippen molar-refractivity contribution in [3.63, 3.8) is 0 Å². The minimum Gasteiger partial charge on any atom is -0.339 e. The van der Waals surface area contributed by atoms with E-state index in [9.17, 15) is 4.79 Å². The fraction of sp³-hybridized carbons (Fsp3) is 0.261. The molecule has 6 heteroatoms. The fourth-order valence-electron chi connectivity index (χ4n) is 3.81. The lowest BCUT2D eigenvalue weighted by molar-refractivity contribution is 0.0762. The Kier molecular flexibility index (Phi) is 5.12. The van der Waals surface area contributed by atoms with Gasteiger partial charge in [-0.2, -0.15) is 0 Å². The predicted octanol–water partition coefficient (Wildman–Crippen LogP) is 6.10. The SMILES string of the molecule is O=C(c1ccc2nc(-c3cccs3)c(-c3cccs3)nc2c1)N1CCCCCC1. The predicted molar refractivity (Wildman–Crippen MR) is 121 cm³/mol. The molecule has 0 unspecified atom stereocenters. The number of nitrogens with zero attached hydrogens (tertiary/aromatic N) is 3. The van der Waals surface area contributed by atoms with Crippen LogP contribution < -0.4 is 0 Å². The van der Waals surface area contributed by atoms with Crippen molar-refractivity contribution < 1.29 is 4.79 Å². The summed E-state index contributed by atoms with van der Waals surface area (Å²) in [6, 6.07) is 14.0. The molecule has 4 nitrogen and oxygen atoms in total. The number of aromatic nitrogens is 2. The van der Waals surface area contributed by atoms with Gasteiger partial charge in [0.1, 0.15) is 11.4 Å². The molecule has 0 saturated carbocycles. The summed E-state index contributed by atoms with van der Waals surface area (Å²) in [6.45, 7) is 1.70. The van der Waals surface area contributed by atoms with Gasteiger partial charge in [0.15, 0.2) is 0 Å². The average Bonchev–Trinajstić information content (AvgIpc) is 3.42. The number of amides is 1. The first-order valence-electron chi connectivity index (χ1n) is 9.98. The molecule has 1 aromatic carbocycles. The van der Waals surface area contributed by atoms with Crippen LogP contribution in [0.1, 0.15) is 36.0 Å². The van der Waals surface area contributed by atoms with Gasteiger partial charge in [-0.25, -0.2) is 9.97 Å². The number of fused-ring (bicyclic) bond motifs is 1. The number of carbonyl (C=O) groups is 1. The van der Waals surface area contributed by atoms with Gasteiger partial charge in [-0.15, -0.1) is 22.7 Å². The maximum Gasteiger partial charge on any atom is 0.253 e. The Morgan fingerprint density at radius 1 is 0.793 bits per heavy atom. The third kappa shape index (κ3) is 3.70. The number of hydrogen-bond donors (Lipinski definition) is 0. The number of likely N-dealkylation sites (tertiary alicyclic amines) is 1. The first kappa shape index (κ1) is 18.5. The summed E-state index contributed by atoms with van der Waals surface area (Å²) in [5.41, 5.74) is 4.08. The van der Waals surface area contributed by atoms with Crippen molar-refractivity contribution in [2.24, 2.45) is 0 Å². The third-order valence-electron chi connectivity index (χ3n) is 5.31. The molecule has 1 aliphatic rings. The minimum atomic E-state index is 0.107. The van der Waals surface area contributed by atoms with Gasteiger partial charge in [-0.3, -0.25) is 4.79 Å². The van der Waals surface area contributed by atoms with Gasteiger partial charge in [0, 0.05) is 18.7 Å². The molecule has 3 aromatic heterocycles. The summed E-state index contributed by atoms with van der Waals surface area (Å²) in [5, 5.41) is 4.11. The number of benzene rings is 1. The third-order valence-corrected chi connectivity index (χ3v) is 7.07. The Labute approximate surface area is 177 Å². The first-order chi connectivity index (χ1) is 14.3. The maximum absolute atomic E-state index is 13.0. The lowest BCUT2D eigenvalue weighted by atomic mass is 10.1. The summed E-state index contributed by atoms with van der Waals surface area (Å²) in [5.74, 6) is 0.107. The largest absolute Gasteiger partial charge is 0.339 e. The molecule has 0 aliphatic carbocycles. The molecule has 1 aliphatic heterocycles. The fourth-order valence-corrected chi connectivity index (χ4v) is 5.24. The molecule has 4 heterocycles. The van der Waals surface area contributed by atoms with E-state index < -0.39 is 0 Å². The average molecular weight is 420 g/mol. The number of hydrogen-bond acceptors (Lipinski definition) is 5. The van der Waals surface area contributed by atoms with Gasteiger partial charge in [-0.05, 0) is 53.9 Å². The molecule has 5 rings (SSSR count). The Morgan fingerprint density at radius 2 is 1.41 bits per heavy atom. The number of thiophene rings is 2. The number of carbonyl (C=O) groups excluding carboxylic acids is 1. The molecule has 0 radical (unpaired) electrons. The highest BCUT2D eigenvalue weighted by Crippen LogP contribution is 2.35. The van der Waals surface area contributed by atoms with Crippen molar-refractivity contribution >= 4 is 39.6 Å². The van der Waals surface area contributed by atoms with Crippen molar-refractivity contribution in [2.45, 2.75) is 25.7 Å². The van der Waals surface area contributed by atoms with Gasteiger partial charge in [0.25, 0.3) is 5.91 Å². The van der Waals surface area contributed by atoms with Crippen LogP contribution in [0.15, 0.2) is 53.2 Å². The van der Waals surface area contributed by atoms with E-state index in [2.05, 4.69) is 22.9 Å². The van der Waals surface area contributed by atoms with Gasteiger partial charge in [-0.1, -0.05) is 25.0 Å². The van der Waals surface area contributed by atoms with Gasteiger partial charge in [0.2, 0.25) is 0 Å². The van der Waals surface area contributed by atoms with Crippen LogP contribution in [0.5, 0.6) is 0 Å². The highest BCUT2D eigenvalue weighted by atomic mass is 32.1. The molecule has 29 heavy (non-hydrogen) atoms. The highest BCUT2D eigenvalue weighted by Gasteiger charge is 2.19. The normalized spacial score (nSPS) is 14.8. The van der Waals surface area contributed by atoms with Crippen LogP contribution in [0.3, 0.4) is 0 Å². The smallest absolute Gasteiger partial charge is 0.253 e. The maximum atomic E-state index is 13.0. The van der Waals surface area contributed by atoms with E-state index in [-0.39, 0.29) is 5.91 Å². The zero-order chi connectivity index (χ0) is 19.6. The second kappa shape index (κ2) is 8.05. The molecule has 0 atom stereocenters. The van der Waals surface area contributed by atoms with Gasteiger partial charge >= 0.3 is 0 Å². The lowest BCUT2D eigenvalue weighted by Crippen LogP contribution is -2.31. The van der Waals surface area contributed by atoms with Crippen molar-refractivity contribution in [3.8, 4) is 21.1 Å². The van der Waals surface area contributed by atoms with E-state index in [1.807, 2.05) is 35.2 Å². The van der Waals surface area contributed by atoms with E-state index in [0.717, 1.165) is 58.1 Å². The summed E-state index contributed by atoms with van der Waals surface area (Å²) in [6.07, 6.45) is 4.60. The Bertz CT molecular complexity index is 1130. The van der Waals surface area contributed by atoms with E-state index >= 15 is 0 Å². The van der Waals surface area contributed by atoms with Gasteiger partial charge < -0.3 is 4.90 Å². The quantitative estimate of drug-likeness (QED) is 0.403. The summed E-state index contributed by atoms with van der Waals surface area (Å²) in [4.78, 5) is 27.1. The van der Waals surface area contributed by atoms with Crippen LogP contribution in [0.4, 0.5) is 0 Å². The molecular weight excluding hydrogens is 398 g/mol. The van der Waals surface area contributed by atoms with Crippen LogP contribution in [0.2, 0.25) is 0 Å². The lowest BCUT2D eigenvalue weighted by Gasteiger charge is -2.20. The zero-order valence-corrected chi connectivity index (χ0v) is 17.6. The highest BCUT2D eigenvalue weighted by molar-refractivity contribution is 7.14. The van der Waals surface area contributed by atoms with Crippen LogP contribution in [-0.2, 0) is 0 Å². The summed E-state index contributed by atoms with van der Waals surface area (Å²) >= 11 is 3.32. The Hall–Kier alpha value is -2.57. The molecule has 1 amide bonds. The molecule has 146 valence electrons. The molecule has 0 N–H and O–H groups in total. The topological polar surface area (TPSA) is 46.1 Å². The van der Waals surface area contributed by atoms with Crippen LogP contribution in [0, 0.1) is 0 Å². The van der Waals surface area contributed by atoms with Crippen molar-refractivity contribution in [2.75, 3.05) is 13.1 Å². The Balaban J connectivity index is 1.59. The Morgan fingerprint density at radius 3 is 2.00 bits per heavy atom. The molecule has 4 aromatic rings. The van der Waals surface area contributed by atoms with Crippen molar-refractivity contribution in [3.05, 3.63) is 58.8 Å². The van der Waals surface area contributed by atoms with Crippen molar-refractivity contribution in [1.82, 2.24) is 14.9 Å². The van der Waals surface area contributed by atoms with E-state index in [4.69, 9.17) is 9.97 Å². The molecular formula is C23H21N3OS2. The standard InChI is InChI=1S/C23H21N3OS2/c27-23(26-11-3-1-2-4-12-26)16-9-10-17-18(15-16)25-22(20-8-6-14-29-20)21(24-17)19-7-5-13-28-19/h5-10,13-15H,1-4,11-12H2. The van der Waals surface area contributed by atoms with E-state index in [0.29, 0.717) is 5.56 Å². The summed E-state index contributed by atoms with van der Waals surface area (Å²) in [7, 11) is 0. The monoisotopic (exact) mass is 419 g/mol. The van der Waals surface area contributed by atoms with Crippen molar-refractivity contribution in [1.29, 1.82) is 0 Å². The second-order valence-electron chi connectivity index (χ2n) is 7.29. The van der Waals surface area contributed by atoms with Crippen LogP contribution in [0.25, 0.3) is 32.2 Å². The van der Waals surface area contributed by atoms with Crippen LogP contribution in [-0.4, -0.2) is 33.9 Å². The van der Waals surface area contributed by atoms with E-state index in [1.54, 1.807) is 22.7 Å². The van der Waals surface area contributed by atoms with E-state index in [1.165, 1.54) is 12.8 Å². The van der Waals surface area contributed by atoms with Crippen LogP contribution >= 0.6 is 22.7 Å². The molecule has 1 saturated heterocycles. The summed E-state index contributed by atoms with van der Waals surface area (Å²) < 4.78 is 0. The molecule has 0 spiro atoms. The first-order valence-corrected chi connectivity index (χ1v) is 11.7. The zero-order valence-electron chi connectivity index (χ0n) is 16.0. The molecule has 1 fully saturated rings. The number of rotatable bonds is 3. The molecule has 0 bridgehead atoms.